The molecule has 1 saturated carbocycles. The zero-order valence-electron chi connectivity index (χ0n) is 10.0. The number of nitrogens with zero attached hydrogens (tertiary/aromatic N) is 1. The fourth-order valence-electron chi connectivity index (χ4n) is 2.26. The molecule has 0 aromatic heterocycles. The average Bonchev–Trinajstić information content (AvgIpc) is 2.83. The van der Waals surface area contributed by atoms with Crippen LogP contribution in [0.2, 0.25) is 0 Å². The van der Waals surface area contributed by atoms with Gasteiger partial charge in [-0.25, -0.2) is 5.84 Å². The second-order valence-corrected chi connectivity index (χ2v) is 5.33. The molecule has 3 nitrogen and oxygen atoms in total. The Morgan fingerprint density at radius 3 is 2.76 bits per heavy atom. The fourth-order valence-corrected chi connectivity index (χ4v) is 2.63. The lowest BCUT2D eigenvalue weighted by atomic mass is 10.1. The topological polar surface area (TPSA) is 50.4 Å². The summed E-state index contributed by atoms with van der Waals surface area (Å²) in [6.45, 7) is 2.07. The number of nitrogens with two attached hydrogens (primary N) is 1. The van der Waals surface area contributed by atoms with E-state index >= 15 is 0 Å². The molecule has 0 spiro atoms. The van der Waals surface area contributed by atoms with E-state index in [-0.39, 0.29) is 0 Å². The number of hydrogen-bond acceptors (Lipinski definition) is 2. The van der Waals surface area contributed by atoms with Gasteiger partial charge in [-0.15, -0.1) is 0 Å². The standard InChI is InChI=1S/C13H18BrN3/c1-9-11(7-4-8-12(9)14)13(17-15)16-10-5-2-3-6-10/h4,7-8,10H,2-3,5-6,15H2,1H3,(H,16,17). The summed E-state index contributed by atoms with van der Waals surface area (Å²) in [7, 11) is 0. The molecule has 1 aliphatic carbocycles. The van der Waals surface area contributed by atoms with Gasteiger partial charge < -0.3 is 5.43 Å². The van der Waals surface area contributed by atoms with Gasteiger partial charge in [0.15, 0.2) is 0 Å². The van der Waals surface area contributed by atoms with E-state index < -0.39 is 0 Å². The molecule has 1 aromatic carbocycles. The number of nitrogens with one attached hydrogen (secondary N) is 1. The molecule has 2 rings (SSSR count). The summed E-state index contributed by atoms with van der Waals surface area (Å²) in [6.07, 6.45) is 4.92. The maximum atomic E-state index is 5.61. The summed E-state index contributed by atoms with van der Waals surface area (Å²) in [5.41, 5.74) is 4.99. The summed E-state index contributed by atoms with van der Waals surface area (Å²) in [5, 5.41) is 0. The first-order chi connectivity index (χ1) is 8.22. The van der Waals surface area contributed by atoms with Gasteiger partial charge in [0.25, 0.3) is 0 Å². The Morgan fingerprint density at radius 1 is 1.41 bits per heavy atom. The third-order valence-electron chi connectivity index (χ3n) is 3.30. The van der Waals surface area contributed by atoms with Crippen LogP contribution in [0.4, 0.5) is 0 Å². The van der Waals surface area contributed by atoms with Crippen molar-refractivity contribution in [3.63, 3.8) is 0 Å². The predicted octanol–water partition coefficient (Wildman–Crippen LogP) is 2.91. The van der Waals surface area contributed by atoms with E-state index in [2.05, 4.69) is 28.3 Å². The van der Waals surface area contributed by atoms with Crippen molar-refractivity contribution in [2.45, 2.75) is 38.6 Å². The van der Waals surface area contributed by atoms with Crippen LogP contribution in [0.25, 0.3) is 0 Å². The van der Waals surface area contributed by atoms with Gasteiger partial charge in [-0.2, -0.15) is 0 Å². The van der Waals surface area contributed by atoms with Crippen molar-refractivity contribution in [2.24, 2.45) is 10.8 Å². The van der Waals surface area contributed by atoms with E-state index in [1.807, 2.05) is 18.2 Å². The van der Waals surface area contributed by atoms with Crippen molar-refractivity contribution in [3.05, 3.63) is 33.8 Å². The van der Waals surface area contributed by atoms with E-state index in [0.717, 1.165) is 15.9 Å². The molecule has 1 aliphatic rings. The number of amidine groups is 1. The van der Waals surface area contributed by atoms with Gasteiger partial charge in [-0.1, -0.05) is 40.9 Å². The van der Waals surface area contributed by atoms with E-state index in [0.29, 0.717) is 6.04 Å². The summed E-state index contributed by atoms with van der Waals surface area (Å²) in [6, 6.07) is 6.52. The fraction of sp³-hybridized carbons (Fsp3) is 0.462. The van der Waals surface area contributed by atoms with Crippen LogP contribution < -0.4 is 11.3 Å². The van der Waals surface area contributed by atoms with Crippen LogP contribution in [0.1, 0.15) is 36.8 Å². The van der Waals surface area contributed by atoms with Gasteiger partial charge in [-0.3, -0.25) is 4.99 Å². The van der Waals surface area contributed by atoms with Gasteiger partial charge >= 0.3 is 0 Å². The monoisotopic (exact) mass is 295 g/mol. The van der Waals surface area contributed by atoms with Gasteiger partial charge in [0.1, 0.15) is 5.84 Å². The van der Waals surface area contributed by atoms with Crippen LogP contribution >= 0.6 is 15.9 Å². The SMILES string of the molecule is Cc1c(Br)cccc1C(=NC1CCCC1)NN. The largest absolute Gasteiger partial charge is 0.308 e. The summed E-state index contributed by atoms with van der Waals surface area (Å²) in [4.78, 5) is 4.73. The maximum Gasteiger partial charge on any atom is 0.143 e. The molecule has 0 aliphatic heterocycles. The highest BCUT2D eigenvalue weighted by Crippen LogP contribution is 2.23. The Kier molecular flexibility index (Phi) is 4.18. The molecular weight excluding hydrogens is 278 g/mol. The van der Waals surface area contributed by atoms with Crippen LogP contribution in [0.15, 0.2) is 27.7 Å². The van der Waals surface area contributed by atoms with Gasteiger partial charge in [0.05, 0.1) is 6.04 Å². The van der Waals surface area contributed by atoms with Crippen molar-refractivity contribution in [1.29, 1.82) is 0 Å². The second kappa shape index (κ2) is 5.65. The molecule has 1 aromatic rings. The predicted molar refractivity (Wildman–Crippen MR) is 75.0 cm³/mol. The first-order valence-corrected chi connectivity index (χ1v) is 6.81. The minimum absolute atomic E-state index is 0.430. The van der Waals surface area contributed by atoms with Crippen LogP contribution in [-0.4, -0.2) is 11.9 Å². The molecule has 0 bridgehead atoms. The molecule has 17 heavy (non-hydrogen) atoms. The smallest absolute Gasteiger partial charge is 0.143 e. The normalized spacial score (nSPS) is 17.5. The maximum absolute atomic E-state index is 5.61. The first-order valence-electron chi connectivity index (χ1n) is 6.02. The Bertz CT molecular complexity index is 423. The molecule has 0 atom stereocenters. The molecule has 3 N–H and O–H groups in total. The lowest BCUT2D eigenvalue weighted by Crippen LogP contribution is -2.32. The van der Waals surface area contributed by atoms with Crippen molar-refractivity contribution >= 4 is 21.8 Å². The molecule has 1 fully saturated rings. The number of aliphatic imine (C=N–C) groups is 1. The number of hydrazine groups is 1. The van der Waals surface area contributed by atoms with Gasteiger partial charge in [-0.05, 0) is 31.4 Å². The highest BCUT2D eigenvalue weighted by molar-refractivity contribution is 9.10. The van der Waals surface area contributed by atoms with Crippen molar-refractivity contribution < 1.29 is 0 Å². The number of hydrogen-bond donors (Lipinski definition) is 2. The molecule has 0 radical (unpaired) electrons. The molecule has 0 amide bonds. The van der Waals surface area contributed by atoms with Crippen LogP contribution in [0.5, 0.6) is 0 Å². The second-order valence-electron chi connectivity index (χ2n) is 4.47. The molecule has 92 valence electrons. The van der Waals surface area contributed by atoms with Gasteiger partial charge in [0, 0.05) is 10.0 Å². The Hall–Kier alpha value is -0.870. The zero-order chi connectivity index (χ0) is 12.3. The minimum Gasteiger partial charge on any atom is -0.308 e. The summed E-state index contributed by atoms with van der Waals surface area (Å²) < 4.78 is 1.09. The highest BCUT2D eigenvalue weighted by atomic mass is 79.9. The van der Waals surface area contributed by atoms with Crippen LogP contribution in [-0.2, 0) is 0 Å². The first kappa shape index (κ1) is 12.6. The third-order valence-corrected chi connectivity index (χ3v) is 4.15. The lowest BCUT2D eigenvalue weighted by molar-refractivity contribution is 0.700. The molecular formula is C13H18BrN3. The van der Waals surface area contributed by atoms with Crippen LogP contribution in [0, 0.1) is 6.92 Å². The summed E-state index contributed by atoms with van der Waals surface area (Å²) >= 11 is 3.53. The van der Waals surface area contributed by atoms with Crippen molar-refractivity contribution in [2.75, 3.05) is 0 Å². The highest BCUT2D eigenvalue weighted by Gasteiger charge is 2.16. The van der Waals surface area contributed by atoms with E-state index in [4.69, 9.17) is 10.8 Å². The third kappa shape index (κ3) is 2.87. The molecule has 0 unspecified atom stereocenters. The Morgan fingerprint density at radius 2 is 2.12 bits per heavy atom. The van der Waals surface area contributed by atoms with E-state index in [1.165, 1.54) is 31.2 Å². The van der Waals surface area contributed by atoms with Gasteiger partial charge in [0.2, 0.25) is 0 Å². The van der Waals surface area contributed by atoms with Crippen molar-refractivity contribution in [3.8, 4) is 0 Å². The number of halogens is 1. The lowest BCUT2D eigenvalue weighted by Gasteiger charge is -2.12. The molecule has 4 heteroatoms. The van der Waals surface area contributed by atoms with E-state index in [1.54, 1.807) is 0 Å². The minimum atomic E-state index is 0.430. The number of rotatable bonds is 2. The van der Waals surface area contributed by atoms with Crippen molar-refractivity contribution in [1.82, 2.24) is 5.43 Å². The zero-order valence-corrected chi connectivity index (χ0v) is 11.6. The average molecular weight is 296 g/mol. The van der Waals surface area contributed by atoms with Crippen LogP contribution in [0.3, 0.4) is 0 Å². The molecule has 0 saturated heterocycles. The Labute approximate surface area is 111 Å². The number of benzene rings is 1. The molecule has 0 heterocycles. The summed E-state index contributed by atoms with van der Waals surface area (Å²) in [5.74, 6) is 6.41. The Balaban J connectivity index is 2.31. The quantitative estimate of drug-likeness (QED) is 0.381. The van der Waals surface area contributed by atoms with E-state index in [9.17, 15) is 0 Å².